The minimum Gasteiger partial charge on any atom is -0.463 e. The average molecular weight is 518 g/mol. The zero-order valence-corrected chi connectivity index (χ0v) is 20.8. The Balaban J connectivity index is 1.42. The second kappa shape index (κ2) is 11.0. The first-order valence-corrected chi connectivity index (χ1v) is 12.6. The molecule has 2 aliphatic heterocycles. The van der Waals surface area contributed by atoms with E-state index in [0.717, 1.165) is 32.1 Å². The maximum Gasteiger partial charge on any atom is 0.309 e. The summed E-state index contributed by atoms with van der Waals surface area (Å²) < 4.78 is 29.9. The molecule has 2 unspecified atom stereocenters. The van der Waals surface area contributed by atoms with Gasteiger partial charge in [-0.1, -0.05) is 12.8 Å². The SMILES string of the molecule is CC(=O)O[C@@H]1[C@@H](COC(=O)C2CCCC2)OC(n2cnc3c(NC4CCOC4)ncnc32)[C@@H]1OC(C)=O. The third kappa shape index (κ3) is 5.52. The number of ether oxygens (including phenoxy) is 5. The Hall–Kier alpha value is -3.32. The van der Waals surface area contributed by atoms with E-state index in [9.17, 15) is 14.4 Å². The van der Waals surface area contributed by atoms with E-state index in [4.69, 9.17) is 23.7 Å². The summed E-state index contributed by atoms with van der Waals surface area (Å²) in [5.41, 5.74) is 0.934. The van der Waals surface area contributed by atoms with Gasteiger partial charge in [0.15, 0.2) is 35.4 Å². The van der Waals surface area contributed by atoms with Crippen LogP contribution >= 0.6 is 0 Å². The number of imidazole rings is 1. The Labute approximate surface area is 213 Å². The highest BCUT2D eigenvalue weighted by Gasteiger charge is 2.51. The number of aromatic nitrogens is 4. The molecule has 0 spiro atoms. The number of nitrogens with zero attached hydrogens (tertiary/aromatic N) is 4. The van der Waals surface area contributed by atoms with Gasteiger partial charge in [-0.05, 0) is 19.3 Å². The van der Waals surface area contributed by atoms with E-state index >= 15 is 0 Å². The minimum atomic E-state index is -1.02. The first kappa shape index (κ1) is 25.3. The zero-order valence-electron chi connectivity index (χ0n) is 20.8. The molecule has 1 saturated carbocycles. The smallest absolute Gasteiger partial charge is 0.309 e. The van der Waals surface area contributed by atoms with Crippen LogP contribution in [0.15, 0.2) is 12.7 Å². The molecule has 3 fully saturated rings. The molecule has 13 heteroatoms. The highest BCUT2D eigenvalue weighted by atomic mass is 16.7. The molecule has 0 aromatic carbocycles. The van der Waals surface area contributed by atoms with Gasteiger partial charge in [-0.25, -0.2) is 15.0 Å². The van der Waals surface area contributed by atoms with E-state index in [1.165, 1.54) is 26.5 Å². The van der Waals surface area contributed by atoms with Crippen molar-refractivity contribution in [3.05, 3.63) is 12.7 Å². The molecule has 37 heavy (non-hydrogen) atoms. The predicted molar refractivity (Wildman–Crippen MR) is 126 cm³/mol. The largest absolute Gasteiger partial charge is 0.463 e. The number of nitrogens with one attached hydrogen (secondary N) is 1. The van der Waals surface area contributed by atoms with Crippen LogP contribution in [0.5, 0.6) is 0 Å². The van der Waals surface area contributed by atoms with Crippen LogP contribution < -0.4 is 5.32 Å². The summed E-state index contributed by atoms with van der Waals surface area (Å²) in [5, 5.41) is 3.33. The normalized spacial score (nSPS) is 27.9. The molecule has 13 nitrogen and oxygen atoms in total. The summed E-state index contributed by atoms with van der Waals surface area (Å²) in [6, 6.07) is 0.104. The second-order valence-electron chi connectivity index (χ2n) is 9.58. The Morgan fingerprint density at radius 3 is 2.51 bits per heavy atom. The van der Waals surface area contributed by atoms with Crippen LogP contribution in [0.25, 0.3) is 11.2 Å². The Morgan fingerprint density at radius 1 is 1.05 bits per heavy atom. The fourth-order valence-electron chi connectivity index (χ4n) is 5.15. The van der Waals surface area contributed by atoms with Gasteiger partial charge in [0.2, 0.25) is 0 Å². The summed E-state index contributed by atoms with van der Waals surface area (Å²) in [6.07, 6.45) is 3.49. The lowest BCUT2D eigenvalue weighted by molar-refractivity contribution is -0.167. The first-order chi connectivity index (χ1) is 17.9. The van der Waals surface area contributed by atoms with Crippen molar-refractivity contribution in [1.82, 2.24) is 19.5 Å². The number of carbonyl (C=O) groups excluding carboxylic acids is 3. The highest BCUT2D eigenvalue weighted by Crippen LogP contribution is 2.37. The standard InChI is InChI=1S/C24H31N5O8/c1-13(30)35-19-17(10-34-24(32)15-5-3-4-6-15)37-23(20(19)36-14(2)31)29-12-27-18-21(25-11-26-22(18)29)28-16-7-8-33-9-16/h11-12,15-17,19-20,23H,3-10H2,1-2H3,(H,25,26,28)/t16?,17-,19-,20-,23?/m1/s1. The van der Waals surface area contributed by atoms with Crippen molar-refractivity contribution in [2.75, 3.05) is 25.1 Å². The van der Waals surface area contributed by atoms with Gasteiger partial charge in [0.05, 0.1) is 24.9 Å². The van der Waals surface area contributed by atoms with Crippen LogP contribution in [-0.2, 0) is 38.1 Å². The molecule has 1 aliphatic carbocycles. The minimum absolute atomic E-state index is 0.104. The lowest BCUT2D eigenvalue weighted by Crippen LogP contribution is -2.40. The van der Waals surface area contributed by atoms with Gasteiger partial charge in [0.1, 0.15) is 19.0 Å². The van der Waals surface area contributed by atoms with Crippen molar-refractivity contribution in [1.29, 1.82) is 0 Å². The number of hydrogen-bond acceptors (Lipinski definition) is 12. The number of anilines is 1. The fourth-order valence-corrected chi connectivity index (χ4v) is 5.15. The number of esters is 3. The maximum absolute atomic E-state index is 12.5. The van der Waals surface area contributed by atoms with Crippen LogP contribution in [0.1, 0.15) is 52.2 Å². The van der Waals surface area contributed by atoms with Crippen LogP contribution in [0, 0.1) is 5.92 Å². The second-order valence-corrected chi connectivity index (χ2v) is 9.58. The number of fused-ring (bicyclic) bond motifs is 1. The van der Waals surface area contributed by atoms with E-state index in [0.29, 0.717) is 30.2 Å². The van der Waals surface area contributed by atoms with Crippen molar-refractivity contribution >= 4 is 34.9 Å². The van der Waals surface area contributed by atoms with Crippen molar-refractivity contribution in [3.8, 4) is 0 Å². The molecule has 2 aromatic rings. The topological polar surface area (TPSA) is 153 Å². The summed E-state index contributed by atoms with van der Waals surface area (Å²) in [7, 11) is 0. The zero-order chi connectivity index (χ0) is 25.9. The van der Waals surface area contributed by atoms with Crippen molar-refractivity contribution in [3.63, 3.8) is 0 Å². The van der Waals surface area contributed by atoms with Gasteiger partial charge in [0.25, 0.3) is 0 Å². The quantitative estimate of drug-likeness (QED) is 0.399. The molecule has 3 aliphatic rings. The van der Waals surface area contributed by atoms with Crippen LogP contribution in [-0.4, -0.2) is 81.6 Å². The molecule has 2 aromatic heterocycles. The van der Waals surface area contributed by atoms with Crippen LogP contribution in [0.3, 0.4) is 0 Å². The maximum atomic E-state index is 12.5. The summed E-state index contributed by atoms with van der Waals surface area (Å²) in [6.45, 7) is 3.60. The van der Waals surface area contributed by atoms with Crippen molar-refractivity contribution in [2.45, 2.75) is 76.5 Å². The number of carbonyl (C=O) groups is 3. The Kier molecular flexibility index (Phi) is 7.51. The monoisotopic (exact) mass is 517 g/mol. The van der Waals surface area contributed by atoms with E-state index in [1.807, 2.05) is 0 Å². The van der Waals surface area contributed by atoms with E-state index in [2.05, 4.69) is 20.3 Å². The lowest BCUT2D eigenvalue weighted by atomic mass is 10.1. The number of rotatable bonds is 8. The molecule has 200 valence electrons. The van der Waals surface area contributed by atoms with Gasteiger partial charge in [0, 0.05) is 20.5 Å². The van der Waals surface area contributed by atoms with Gasteiger partial charge >= 0.3 is 17.9 Å². The predicted octanol–water partition coefficient (Wildman–Crippen LogP) is 1.52. The molecule has 0 amide bonds. The first-order valence-electron chi connectivity index (χ1n) is 12.6. The molecule has 0 bridgehead atoms. The third-order valence-corrected chi connectivity index (χ3v) is 6.87. The molecule has 4 heterocycles. The van der Waals surface area contributed by atoms with E-state index in [-0.39, 0.29) is 24.5 Å². The van der Waals surface area contributed by atoms with Gasteiger partial charge in [-0.3, -0.25) is 19.0 Å². The van der Waals surface area contributed by atoms with E-state index < -0.39 is 36.5 Å². The fraction of sp³-hybridized carbons (Fsp3) is 0.667. The molecular weight excluding hydrogens is 486 g/mol. The molecule has 5 rings (SSSR count). The molecule has 5 atom stereocenters. The van der Waals surface area contributed by atoms with Crippen molar-refractivity contribution < 1.29 is 38.1 Å². The summed E-state index contributed by atoms with van der Waals surface area (Å²) in [5.74, 6) is -1.06. The Bertz CT molecular complexity index is 1140. The van der Waals surface area contributed by atoms with Crippen LogP contribution in [0.2, 0.25) is 0 Å². The molecule has 2 saturated heterocycles. The highest BCUT2D eigenvalue weighted by molar-refractivity contribution is 5.83. The van der Waals surface area contributed by atoms with Gasteiger partial charge in [-0.2, -0.15) is 0 Å². The summed E-state index contributed by atoms with van der Waals surface area (Å²) >= 11 is 0. The lowest BCUT2D eigenvalue weighted by Gasteiger charge is -2.24. The third-order valence-electron chi connectivity index (χ3n) is 6.87. The Morgan fingerprint density at radius 2 is 1.81 bits per heavy atom. The van der Waals surface area contributed by atoms with Gasteiger partial charge < -0.3 is 29.0 Å². The van der Waals surface area contributed by atoms with Crippen LogP contribution in [0.4, 0.5) is 5.82 Å². The summed E-state index contributed by atoms with van der Waals surface area (Å²) in [4.78, 5) is 49.7. The number of hydrogen-bond donors (Lipinski definition) is 1. The van der Waals surface area contributed by atoms with E-state index in [1.54, 1.807) is 4.57 Å². The molecule has 1 N–H and O–H groups in total. The van der Waals surface area contributed by atoms with Crippen molar-refractivity contribution in [2.24, 2.45) is 5.92 Å². The molecule has 0 radical (unpaired) electrons. The molecular formula is C24H31N5O8. The average Bonchev–Trinajstić information content (AvgIpc) is 3.66. The van der Waals surface area contributed by atoms with Gasteiger partial charge in [-0.15, -0.1) is 0 Å².